The summed E-state index contributed by atoms with van der Waals surface area (Å²) in [5, 5.41) is 3.29. The first-order valence-corrected chi connectivity index (χ1v) is 14.8. The van der Waals surface area contributed by atoms with Gasteiger partial charge in [-0.15, -0.1) is 0 Å². The maximum atomic E-state index is 13.4. The molecule has 1 unspecified atom stereocenters. The number of carbonyl (C=O) groups excluding carboxylic acids is 2. The van der Waals surface area contributed by atoms with Crippen LogP contribution in [0.2, 0.25) is 5.02 Å². The minimum absolute atomic E-state index is 0.0191. The molecule has 39 heavy (non-hydrogen) atoms. The maximum absolute atomic E-state index is 13.4. The van der Waals surface area contributed by atoms with Gasteiger partial charge in [-0.1, -0.05) is 56.6 Å². The van der Waals surface area contributed by atoms with Crippen LogP contribution < -0.4 is 9.62 Å². The minimum Gasteiger partial charge on any atom is -0.354 e. The van der Waals surface area contributed by atoms with E-state index in [9.17, 15) is 31.2 Å². The lowest BCUT2D eigenvalue weighted by molar-refractivity contribution is -0.141. The Hall–Kier alpha value is -2.79. The van der Waals surface area contributed by atoms with E-state index in [0.717, 1.165) is 28.8 Å². The molecule has 0 fully saturated rings. The highest BCUT2D eigenvalue weighted by atomic mass is 35.5. The highest BCUT2D eigenvalue weighted by Crippen LogP contribution is 2.32. The van der Waals surface area contributed by atoms with Gasteiger partial charge in [0.05, 0.1) is 17.5 Å². The van der Waals surface area contributed by atoms with Gasteiger partial charge in [0.15, 0.2) is 0 Å². The van der Waals surface area contributed by atoms with E-state index < -0.39 is 33.7 Å². The van der Waals surface area contributed by atoms with Gasteiger partial charge in [-0.3, -0.25) is 13.9 Å². The fourth-order valence-corrected chi connectivity index (χ4v) is 5.15. The Morgan fingerprint density at radius 2 is 1.74 bits per heavy atom. The van der Waals surface area contributed by atoms with Crippen LogP contribution in [0.3, 0.4) is 0 Å². The first-order valence-electron chi connectivity index (χ1n) is 12.6. The Morgan fingerprint density at radius 1 is 1.08 bits per heavy atom. The number of alkyl halides is 3. The molecule has 216 valence electrons. The van der Waals surface area contributed by atoms with Crippen molar-refractivity contribution in [3.8, 4) is 0 Å². The zero-order valence-electron chi connectivity index (χ0n) is 22.5. The molecule has 7 nitrogen and oxygen atoms in total. The Balaban J connectivity index is 2.26. The number of nitrogens with zero attached hydrogens (tertiary/aromatic N) is 2. The Labute approximate surface area is 233 Å². The molecular weight excluding hydrogens is 555 g/mol. The molecule has 0 aromatic heterocycles. The average molecular weight is 590 g/mol. The number of benzene rings is 2. The number of rotatable bonds is 13. The maximum Gasteiger partial charge on any atom is 0.416 e. The van der Waals surface area contributed by atoms with Gasteiger partial charge in [-0.05, 0) is 48.6 Å². The molecule has 0 bridgehead atoms. The second-order valence-electron chi connectivity index (χ2n) is 9.66. The summed E-state index contributed by atoms with van der Waals surface area (Å²) < 4.78 is 65.3. The second kappa shape index (κ2) is 14.0. The summed E-state index contributed by atoms with van der Waals surface area (Å²) in [5.41, 5.74) is -0.481. The average Bonchev–Trinajstić information content (AvgIpc) is 2.85. The van der Waals surface area contributed by atoms with E-state index in [1.165, 1.54) is 11.0 Å². The number of hydrogen-bond donors (Lipinski definition) is 1. The molecule has 1 N–H and O–H groups in total. The third-order valence-electron chi connectivity index (χ3n) is 5.98. The monoisotopic (exact) mass is 589 g/mol. The van der Waals surface area contributed by atoms with E-state index in [1.807, 2.05) is 13.8 Å². The number of carbonyl (C=O) groups is 2. The number of hydrogen-bond acceptors (Lipinski definition) is 4. The standard InChI is InChI=1S/C27H35ClF3N3O4S/c1-5-24(26(36)32-17-19(2)3)33(18-20-10-6-7-13-23(20)28)25(35)14-9-15-34(39(4,37)38)22-12-8-11-21(16-22)27(29,30)31/h6-8,10-13,16,19,24H,5,9,14-15,17-18H2,1-4H3,(H,32,36). The topological polar surface area (TPSA) is 86.8 Å². The van der Waals surface area contributed by atoms with E-state index >= 15 is 0 Å². The molecule has 0 saturated heterocycles. The van der Waals surface area contributed by atoms with Crippen LogP contribution in [-0.4, -0.2) is 50.5 Å². The molecule has 1 atom stereocenters. The second-order valence-corrected chi connectivity index (χ2v) is 12.0. The molecule has 0 radical (unpaired) electrons. The minimum atomic E-state index is -4.64. The lowest BCUT2D eigenvalue weighted by Crippen LogP contribution is -2.49. The fraction of sp³-hybridized carbons (Fsp3) is 0.481. The molecule has 0 saturated carbocycles. The van der Waals surface area contributed by atoms with Gasteiger partial charge in [0, 0.05) is 31.1 Å². The first kappa shape index (κ1) is 32.4. The summed E-state index contributed by atoms with van der Waals surface area (Å²) in [4.78, 5) is 27.9. The van der Waals surface area contributed by atoms with Gasteiger partial charge in [0.2, 0.25) is 21.8 Å². The number of anilines is 1. The van der Waals surface area contributed by atoms with E-state index in [0.29, 0.717) is 23.6 Å². The van der Waals surface area contributed by atoms with Crippen molar-refractivity contribution in [3.05, 3.63) is 64.7 Å². The molecule has 0 aliphatic rings. The quantitative estimate of drug-likeness (QED) is 0.335. The summed E-state index contributed by atoms with van der Waals surface area (Å²) in [6.07, 6.45) is -3.53. The summed E-state index contributed by atoms with van der Waals surface area (Å²) in [7, 11) is -3.94. The predicted molar refractivity (Wildman–Crippen MR) is 147 cm³/mol. The zero-order valence-corrected chi connectivity index (χ0v) is 24.0. The van der Waals surface area contributed by atoms with Crippen LogP contribution in [0.4, 0.5) is 18.9 Å². The third-order valence-corrected chi connectivity index (χ3v) is 7.55. The van der Waals surface area contributed by atoms with Crippen molar-refractivity contribution >= 4 is 39.1 Å². The van der Waals surface area contributed by atoms with Crippen LogP contribution in [0.5, 0.6) is 0 Å². The predicted octanol–water partition coefficient (Wildman–Crippen LogP) is 5.48. The molecule has 2 rings (SSSR count). The molecule has 0 heterocycles. The molecule has 0 aliphatic heterocycles. The van der Waals surface area contributed by atoms with Crippen molar-refractivity contribution in [2.75, 3.05) is 23.7 Å². The fourth-order valence-electron chi connectivity index (χ4n) is 3.99. The van der Waals surface area contributed by atoms with Crippen molar-refractivity contribution in [2.45, 2.75) is 58.8 Å². The van der Waals surface area contributed by atoms with Crippen molar-refractivity contribution < 1.29 is 31.2 Å². The number of halogens is 4. The molecule has 2 amide bonds. The van der Waals surface area contributed by atoms with Crippen LogP contribution in [0.15, 0.2) is 48.5 Å². The summed E-state index contributed by atoms with van der Waals surface area (Å²) in [5.74, 6) is -0.510. The lowest BCUT2D eigenvalue weighted by atomic mass is 10.1. The molecule has 12 heteroatoms. The normalized spacial score (nSPS) is 12.7. The molecule has 0 spiro atoms. The Bertz CT molecular complexity index is 1240. The zero-order chi connectivity index (χ0) is 29.4. The first-order chi connectivity index (χ1) is 18.1. The van der Waals surface area contributed by atoms with Crippen LogP contribution in [0, 0.1) is 5.92 Å². The highest BCUT2D eigenvalue weighted by molar-refractivity contribution is 7.92. The van der Waals surface area contributed by atoms with Crippen molar-refractivity contribution in [3.63, 3.8) is 0 Å². The van der Waals surface area contributed by atoms with Gasteiger partial charge in [0.25, 0.3) is 0 Å². The highest BCUT2D eigenvalue weighted by Gasteiger charge is 2.32. The number of nitrogens with one attached hydrogen (secondary N) is 1. The van der Waals surface area contributed by atoms with Gasteiger partial charge in [-0.2, -0.15) is 13.2 Å². The largest absolute Gasteiger partial charge is 0.416 e. The summed E-state index contributed by atoms with van der Waals surface area (Å²) in [6, 6.07) is 10.2. The van der Waals surface area contributed by atoms with Gasteiger partial charge in [0.1, 0.15) is 6.04 Å². The molecule has 0 aliphatic carbocycles. The Kier molecular flexibility index (Phi) is 11.7. The summed E-state index contributed by atoms with van der Waals surface area (Å²) >= 11 is 6.32. The van der Waals surface area contributed by atoms with Gasteiger partial charge < -0.3 is 10.2 Å². The number of sulfonamides is 1. The van der Waals surface area contributed by atoms with Crippen LogP contribution >= 0.6 is 11.6 Å². The SMILES string of the molecule is CCC(C(=O)NCC(C)C)N(Cc1ccccc1Cl)C(=O)CCCN(c1cccc(C(F)(F)F)c1)S(C)(=O)=O. The van der Waals surface area contributed by atoms with E-state index in [2.05, 4.69) is 5.32 Å². The van der Waals surface area contributed by atoms with Crippen LogP contribution in [0.1, 0.15) is 51.2 Å². The smallest absolute Gasteiger partial charge is 0.354 e. The van der Waals surface area contributed by atoms with Gasteiger partial charge >= 0.3 is 6.18 Å². The van der Waals surface area contributed by atoms with E-state index in [4.69, 9.17) is 11.6 Å². The Morgan fingerprint density at radius 3 is 2.31 bits per heavy atom. The molecule has 2 aromatic carbocycles. The van der Waals surface area contributed by atoms with Crippen molar-refractivity contribution in [1.82, 2.24) is 10.2 Å². The van der Waals surface area contributed by atoms with Crippen molar-refractivity contribution in [1.29, 1.82) is 0 Å². The third kappa shape index (κ3) is 9.72. The molecule has 2 aromatic rings. The van der Waals surface area contributed by atoms with Crippen molar-refractivity contribution in [2.24, 2.45) is 5.92 Å². The lowest BCUT2D eigenvalue weighted by Gasteiger charge is -2.31. The van der Waals surface area contributed by atoms with E-state index in [-0.39, 0.29) is 43.4 Å². The van der Waals surface area contributed by atoms with Crippen LogP contribution in [0.25, 0.3) is 0 Å². The summed E-state index contributed by atoms with van der Waals surface area (Å²) in [6.45, 7) is 5.96. The van der Waals surface area contributed by atoms with E-state index in [1.54, 1.807) is 31.2 Å². The molecular formula is C27H35ClF3N3O4S. The van der Waals surface area contributed by atoms with Gasteiger partial charge in [-0.25, -0.2) is 8.42 Å². The van der Waals surface area contributed by atoms with Crippen LogP contribution in [-0.2, 0) is 32.3 Å². The number of amides is 2.